The first kappa shape index (κ1) is 19.8. The Morgan fingerprint density at radius 2 is 2.12 bits per heavy atom. The van der Waals surface area contributed by atoms with E-state index in [0.717, 1.165) is 10.9 Å². The summed E-state index contributed by atoms with van der Waals surface area (Å²) >= 11 is 1.58. The lowest BCUT2D eigenvalue weighted by atomic mass is 10.0. The van der Waals surface area contributed by atoms with Gasteiger partial charge in [-0.15, -0.1) is 11.3 Å². The molecule has 0 amide bonds. The molecule has 2 aromatic rings. The highest BCUT2D eigenvalue weighted by atomic mass is 32.2. The van der Waals surface area contributed by atoms with Gasteiger partial charge in [0.05, 0.1) is 11.5 Å². The van der Waals surface area contributed by atoms with Crippen LogP contribution in [0.4, 0.5) is 4.39 Å². The lowest BCUT2D eigenvalue weighted by Crippen LogP contribution is -2.26. The van der Waals surface area contributed by atoms with E-state index in [-0.39, 0.29) is 29.7 Å². The number of hydrogen-bond donors (Lipinski definition) is 2. The number of rotatable bonds is 10. The van der Waals surface area contributed by atoms with E-state index in [1.807, 2.05) is 17.5 Å². The predicted molar refractivity (Wildman–Crippen MR) is 96.1 cm³/mol. The molecule has 2 rings (SSSR count). The van der Waals surface area contributed by atoms with Gasteiger partial charge in [-0.1, -0.05) is 6.07 Å². The van der Waals surface area contributed by atoms with Gasteiger partial charge in [-0.05, 0) is 55.3 Å². The van der Waals surface area contributed by atoms with Gasteiger partial charge >= 0.3 is 0 Å². The van der Waals surface area contributed by atoms with Gasteiger partial charge in [-0.25, -0.2) is 17.5 Å². The number of nitrogens with one attached hydrogen (secondary N) is 1. The van der Waals surface area contributed by atoms with Crippen LogP contribution in [0.15, 0.2) is 40.6 Å². The Kier molecular flexibility index (Phi) is 7.37. The van der Waals surface area contributed by atoms with Crippen LogP contribution in [-0.2, 0) is 10.0 Å². The number of aliphatic hydroxyl groups excluding tert-OH is 1. The molecule has 0 saturated carbocycles. The molecule has 1 atom stereocenters. The molecule has 0 aliphatic carbocycles. The van der Waals surface area contributed by atoms with E-state index in [1.165, 1.54) is 12.1 Å². The summed E-state index contributed by atoms with van der Waals surface area (Å²) in [4.78, 5) is 0.976. The summed E-state index contributed by atoms with van der Waals surface area (Å²) in [6.07, 6.45) is 1.12. The van der Waals surface area contributed by atoms with Gasteiger partial charge in [0, 0.05) is 18.0 Å². The number of halogens is 1. The van der Waals surface area contributed by atoms with E-state index in [9.17, 15) is 17.9 Å². The molecule has 1 aromatic carbocycles. The van der Waals surface area contributed by atoms with E-state index < -0.39 is 15.8 Å². The second-order valence-corrected chi connectivity index (χ2v) is 8.18. The van der Waals surface area contributed by atoms with Gasteiger partial charge in [-0.2, -0.15) is 0 Å². The highest BCUT2D eigenvalue weighted by Crippen LogP contribution is 2.27. The average Bonchev–Trinajstić information content (AvgIpc) is 3.10. The maximum Gasteiger partial charge on any atom is 0.240 e. The van der Waals surface area contributed by atoms with E-state index >= 15 is 0 Å². The summed E-state index contributed by atoms with van der Waals surface area (Å²) in [5.41, 5.74) is 0. The molecule has 1 aromatic heterocycles. The molecule has 2 N–H and O–H groups in total. The third-order valence-electron chi connectivity index (χ3n) is 3.72. The first-order valence-corrected chi connectivity index (χ1v) is 10.4. The number of thiophene rings is 1. The maximum atomic E-state index is 13.9. The van der Waals surface area contributed by atoms with Crippen molar-refractivity contribution >= 4 is 21.4 Å². The molecular formula is C17H22FNO4S2. The van der Waals surface area contributed by atoms with Gasteiger partial charge in [0.15, 0.2) is 11.6 Å². The van der Waals surface area contributed by atoms with E-state index in [2.05, 4.69) is 4.72 Å². The topological polar surface area (TPSA) is 75.6 Å². The van der Waals surface area contributed by atoms with E-state index in [0.29, 0.717) is 19.4 Å². The quantitative estimate of drug-likeness (QED) is 0.657. The Bertz CT molecular complexity index is 763. The molecule has 0 saturated heterocycles. The Morgan fingerprint density at radius 1 is 1.32 bits per heavy atom. The van der Waals surface area contributed by atoms with Crippen molar-refractivity contribution in [3.63, 3.8) is 0 Å². The van der Waals surface area contributed by atoms with Gasteiger partial charge in [0.25, 0.3) is 0 Å². The number of ether oxygens (including phenoxy) is 1. The highest BCUT2D eigenvalue weighted by molar-refractivity contribution is 7.89. The van der Waals surface area contributed by atoms with Crippen molar-refractivity contribution in [1.29, 1.82) is 0 Å². The zero-order valence-electron chi connectivity index (χ0n) is 13.9. The van der Waals surface area contributed by atoms with E-state index in [1.54, 1.807) is 18.3 Å². The number of sulfonamides is 1. The smallest absolute Gasteiger partial charge is 0.240 e. The summed E-state index contributed by atoms with van der Waals surface area (Å²) < 4.78 is 46.1. The van der Waals surface area contributed by atoms with Crippen molar-refractivity contribution in [3.05, 3.63) is 46.4 Å². The third-order valence-corrected chi connectivity index (χ3v) is 6.21. The Labute approximate surface area is 151 Å². The summed E-state index contributed by atoms with van der Waals surface area (Å²) in [5.74, 6) is -0.589. The summed E-state index contributed by atoms with van der Waals surface area (Å²) in [5, 5.41) is 11.1. The van der Waals surface area contributed by atoms with Crippen molar-refractivity contribution in [2.45, 2.75) is 30.6 Å². The van der Waals surface area contributed by atoms with Crippen LogP contribution >= 0.6 is 11.3 Å². The van der Waals surface area contributed by atoms with Crippen molar-refractivity contribution in [2.24, 2.45) is 0 Å². The molecule has 25 heavy (non-hydrogen) atoms. The average molecular weight is 387 g/mol. The molecule has 0 unspecified atom stereocenters. The van der Waals surface area contributed by atoms with Crippen LogP contribution in [0.2, 0.25) is 0 Å². The minimum atomic E-state index is -3.80. The SMILES string of the molecule is CCOc1ccc(S(=O)(=O)NCC[C@H](CCO)c2cccs2)cc1F. The zero-order valence-corrected chi connectivity index (χ0v) is 15.6. The summed E-state index contributed by atoms with van der Waals surface area (Å²) in [6, 6.07) is 7.49. The Hall–Kier alpha value is -1.48. The molecule has 0 fully saturated rings. The van der Waals surface area contributed by atoms with Crippen molar-refractivity contribution in [3.8, 4) is 5.75 Å². The monoisotopic (exact) mass is 387 g/mol. The first-order chi connectivity index (χ1) is 12.0. The number of benzene rings is 1. The fraction of sp³-hybridized carbons (Fsp3) is 0.412. The summed E-state index contributed by atoms with van der Waals surface area (Å²) in [7, 11) is -3.80. The van der Waals surface area contributed by atoms with Crippen LogP contribution < -0.4 is 9.46 Å². The zero-order chi connectivity index (χ0) is 18.3. The molecule has 0 aliphatic heterocycles. The Morgan fingerprint density at radius 3 is 2.72 bits per heavy atom. The molecular weight excluding hydrogens is 365 g/mol. The fourth-order valence-corrected chi connectivity index (χ4v) is 4.44. The normalized spacial score (nSPS) is 12.9. The van der Waals surface area contributed by atoms with Crippen LogP contribution in [-0.4, -0.2) is 33.3 Å². The first-order valence-electron chi connectivity index (χ1n) is 8.04. The van der Waals surface area contributed by atoms with E-state index in [4.69, 9.17) is 4.74 Å². The van der Waals surface area contributed by atoms with Gasteiger partial charge < -0.3 is 9.84 Å². The lowest BCUT2D eigenvalue weighted by Gasteiger charge is -2.15. The molecule has 5 nitrogen and oxygen atoms in total. The molecule has 0 aliphatic rings. The van der Waals surface area contributed by atoms with Crippen molar-refractivity contribution in [1.82, 2.24) is 4.72 Å². The van der Waals surface area contributed by atoms with Crippen LogP contribution in [0, 0.1) is 5.82 Å². The lowest BCUT2D eigenvalue weighted by molar-refractivity contribution is 0.273. The highest BCUT2D eigenvalue weighted by Gasteiger charge is 2.18. The second kappa shape index (κ2) is 9.28. The predicted octanol–water partition coefficient (Wildman–Crippen LogP) is 3.12. The van der Waals surface area contributed by atoms with Crippen molar-refractivity contribution < 1.29 is 22.7 Å². The van der Waals surface area contributed by atoms with Crippen molar-refractivity contribution in [2.75, 3.05) is 19.8 Å². The number of hydrogen-bond acceptors (Lipinski definition) is 5. The standard InChI is InChI=1S/C17H22FNO4S2/c1-2-23-16-6-5-14(12-15(16)18)25(21,22)19-9-7-13(8-10-20)17-4-3-11-24-17/h3-6,11-13,19-20H,2,7-10H2,1H3/t13-/m1/s1. The minimum absolute atomic E-state index is 0.0298. The Balaban J connectivity index is 2.00. The van der Waals surface area contributed by atoms with Crippen LogP contribution in [0.5, 0.6) is 5.75 Å². The van der Waals surface area contributed by atoms with Gasteiger partial charge in [0.1, 0.15) is 0 Å². The maximum absolute atomic E-state index is 13.9. The van der Waals surface area contributed by atoms with Crippen LogP contribution in [0.25, 0.3) is 0 Å². The number of aliphatic hydroxyl groups is 1. The molecule has 1 heterocycles. The molecule has 0 bridgehead atoms. The largest absolute Gasteiger partial charge is 0.491 e. The minimum Gasteiger partial charge on any atom is -0.491 e. The van der Waals surface area contributed by atoms with Gasteiger partial charge in [-0.3, -0.25) is 0 Å². The third kappa shape index (κ3) is 5.50. The molecule has 138 valence electrons. The van der Waals surface area contributed by atoms with Gasteiger partial charge in [0.2, 0.25) is 10.0 Å². The molecule has 0 radical (unpaired) electrons. The second-order valence-electron chi connectivity index (χ2n) is 5.44. The fourth-order valence-electron chi connectivity index (χ4n) is 2.48. The van der Waals surface area contributed by atoms with Crippen LogP contribution in [0.1, 0.15) is 30.6 Å². The van der Waals surface area contributed by atoms with Crippen LogP contribution in [0.3, 0.4) is 0 Å². The molecule has 0 spiro atoms. The molecule has 8 heteroatoms. The summed E-state index contributed by atoms with van der Waals surface area (Å²) in [6.45, 7) is 2.28.